The number of hydrogen-bond acceptors (Lipinski definition) is 4. The molecule has 0 radical (unpaired) electrons. The second-order valence-electron chi connectivity index (χ2n) is 5.77. The van der Waals surface area contributed by atoms with Gasteiger partial charge in [-0.3, -0.25) is 14.9 Å². The van der Waals surface area contributed by atoms with E-state index in [4.69, 9.17) is 11.6 Å². The van der Waals surface area contributed by atoms with Crippen molar-refractivity contribution in [3.05, 3.63) is 58.2 Å². The topological polar surface area (TPSA) is 86.9 Å². The van der Waals surface area contributed by atoms with Crippen LogP contribution in [0.4, 0.5) is 5.13 Å². The van der Waals surface area contributed by atoms with E-state index in [1.807, 2.05) is 36.6 Å². The zero-order valence-electron chi connectivity index (χ0n) is 14.2. The van der Waals surface area contributed by atoms with Crippen LogP contribution in [0.3, 0.4) is 0 Å². The lowest BCUT2D eigenvalue weighted by Gasteiger charge is -2.12. The Labute approximate surface area is 159 Å². The number of aromatic nitrogens is 2. The second kappa shape index (κ2) is 7.72. The highest BCUT2D eigenvalue weighted by atomic mass is 35.5. The summed E-state index contributed by atoms with van der Waals surface area (Å²) in [5.41, 5.74) is 3.09. The minimum absolute atomic E-state index is 0.0561. The smallest absolute Gasteiger partial charge is 0.273 e. The normalized spacial score (nSPS) is 11.8. The Kier molecular flexibility index (Phi) is 5.39. The Morgan fingerprint density at radius 1 is 1.27 bits per heavy atom. The van der Waals surface area contributed by atoms with Crippen LogP contribution < -0.4 is 10.6 Å². The molecule has 0 saturated carbocycles. The first-order valence-corrected chi connectivity index (χ1v) is 9.16. The van der Waals surface area contributed by atoms with Crippen LogP contribution in [-0.4, -0.2) is 21.8 Å². The Morgan fingerprint density at radius 2 is 2.00 bits per heavy atom. The lowest BCUT2D eigenvalue weighted by Crippen LogP contribution is -2.23. The van der Waals surface area contributed by atoms with Gasteiger partial charge in [0, 0.05) is 24.1 Å². The van der Waals surface area contributed by atoms with Crippen molar-refractivity contribution in [2.45, 2.75) is 19.9 Å². The highest BCUT2D eigenvalue weighted by Crippen LogP contribution is 2.26. The summed E-state index contributed by atoms with van der Waals surface area (Å²) in [5.74, 6) is -0.359. The van der Waals surface area contributed by atoms with E-state index in [-0.39, 0.29) is 17.9 Å². The number of amides is 2. The fourth-order valence-corrected chi connectivity index (χ4v) is 3.34. The molecule has 0 aliphatic heterocycles. The number of carbonyl (C=O) groups excluding carboxylic acids is 2. The molecule has 1 atom stereocenters. The number of thiazole rings is 1. The van der Waals surface area contributed by atoms with Crippen molar-refractivity contribution in [1.82, 2.24) is 15.3 Å². The van der Waals surface area contributed by atoms with Crippen LogP contribution in [-0.2, 0) is 4.79 Å². The molecule has 1 aromatic carbocycles. The monoisotopic (exact) mass is 388 g/mol. The highest BCUT2D eigenvalue weighted by Gasteiger charge is 2.12. The van der Waals surface area contributed by atoms with Crippen molar-refractivity contribution in [2.75, 3.05) is 5.32 Å². The van der Waals surface area contributed by atoms with Gasteiger partial charge in [-0.05, 0) is 18.6 Å². The molecule has 0 saturated heterocycles. The lowest BCUT2D eigenvalue weighted by molar-refractivity contribution is -0.119. The summed E-state index contributed by atoms with van der Waals surface area (Å²) in [6.45, 7) is 3.43. The largest absolute Gasteiger partial charge is 0.356 e. The third-order valence-electron chi connectivity index (χ3n) is 3.74. The molecule has 3 rings (SSSR count). The van der Waals surface area contributed by atoms with Gasteiger partial charge < -0.3 is 10.3 Å². The summed E-state index contributed by atoms with van der Waals surface area (Å²) in [5, 5.41) is 8.45. The Morgan fingerprint density at radius 3 is 2.62 bits per heavy atom. The van der Waals surface area contributed by atoms with Gasteiger partial charge in [-0.25, -0.2) is 4.98 Å². The summed E-state index contributed by atoms with van der Waals surface area (Å²) in [4.78, 5) is 30.5. The van der Waals surface area contributed by atoms with Crippen molar-refractivity contribution in [2.24, 2.45) is 0 Å². The average Bonchev–Trinajstić information content (AvgIpc) is 3.23. The first-order valence-electron chi connectivity index (χ1n) is 7.90. The Bertz CT molecular complexity index is 933. The number of rotatable bonds is 5. The van der Waals surface area contributed by atoms with Crippen LogP contribution in [0.25, 0.3) is 11.3 Å². The van der Waals surface area contributed by atoms with Crippen LogP contribution >= 0.6 is 22.9 Å². The molecule has 134 valence electrons. The van der Waals surface area contributed by atoms with E-state index in [0.29, 0.717) is 15.8 Å². The SMILES string of the molecule is CC(=O)NC(C)c1ccc(-c2csc(NC(=O)c3cc(Cl)c[nH]3)n2)cc1. The summed E-state index contributed by atoms with van der Waals surface area (Å²) in [6, 6.07) is 9.29. The molecule has 6 nitrogen and oxygen atoms in total. The van der Waals surface area contributed by atoms with Gasteiger partial charge in [-0.2, -0.15) is 0 Å². The maximum Gasteiger partial charge on any atom is 0.273 e. The number of aromatic amines is 1. The fourth-order valence-electron chi connectivity index (χ4n) is 2.46. The molecule has 2 aromatic heterocycles. The van der Waals surface area contributed by atoms with Crippen molar-refractivity contribution in [3.63, 3.8) is 0 Å². The van der Waals surface area contributed by atoms with Gasteiger partial charge in [-0.15, -0.1) is 11.3 Å². The van der Waals surface area contributed by atoms with Crippen molar-refractivity contribution in [3.8, 4) is 11.3 Å². The molecule has 26 heavy (non-hydrogen) atoms. The van der Waals surface area contributed by atoms with Gasteiger partial charge in [-0.1, -0.05) is 35.9 Å². The molecule has 3 aromatic rings. The molecule has 2 amide bonds. The fraction of sp³-hybridized carbons (Fsp3) is 0.167. The zero-order chi connectivity index (χ0) is 18.7. The van der Waals surface area contributed by atoms with Crippen LogP contribution in [0, 0.1) is 0 Å². The molecular weight excluding hydrogens is 372 g/mol. The highest BCUT2D eigenvalue weighted by molar-refractivity contribution is 7.14. The van der Waals surface area contributed by atoms with Crippen LogP contribution in [0.5, 0.6) is 0 Å². The summed E-state index contributed by atoms with van der Waals surface area (Å²) >= 11 is 7.15. The number of carbonyl (C=O) groups is 2. The zero-order valence-corrected chi connectivity index (χ0v) is 15.7. The number of benzene rings is 1. The predicted octanol–water partition coefficient (Wildman–Crippen LogP) is 4.24. The third kappa shape index (κ3) is 4.30. The number of hydrogen-bond donors (Lipinski definition) is 3. The van der Waals surface area contributed by atoms with E-state index in [9.17, 15) is 9.59 Å². The first-order chi connectivity index (χ1) is 12.4. The van der Waals surface area contributed by atoms with E-state index in [0.717, 1.165) is 16.8 Å². The van der Waals surface area contributed by atoms with Crippen molar-refractivity contribution >= 4 is 39.9 Å². The lowest BCUT2D eigenvalue weighted by atomic mass is 10.1. The number of halogens is 1. The molecule has 8 heteroatoms. The average molecular weight is 389 g/mol. The minimum Gasteiger partial charge on any atom is -0.356 e. The van der Waals surface area contributed by atoms with Gasteiger partial charge in [0.15, 0.2) is 5.13 Å². The molecular formula is C18H17ClN4O2S. The molecule has 3 N–H and O–H groups in total. The van der Waals surface area contributed by atoms with E-state index >= 15 is 0 Å². The van der Waals surface area contributed by atoms with Gasteiger partial charge in [0.1, 0.15) is 5.69 Å². The minimum atomic E-state index is -0.294. The quantitative estimate of drug-likeness (QED) is 0.610. The molecule has 0 aliphatic carbocycles. The number of nitrogens with zero attached hydrogens (tertiary/aromatic N) is 1. The molecule has 2 heterocycles. The van der Waals surface area contributed by atoms with E-state index in [1.165, 1.54) is 18.3 Å². The maximum absolute atomic E-state index is 12.1. The van der Waals surface area contributed by atoms with Gasteiger partial charge in [0.25, 0.3) is 5.91 Å². The van der Waals surface area contributed by atoms with Gasteiger partial charge in [0.2, 0.25) is 5.91 Å². The number of anilines is 1. The van der Waals surface area contributed by atoms with E-state index < -0.39 is 0 Å². The standard InChI is InChI=1S/C18H17ClN4O2S/c1-10(21-11(2)24)12-3-5-13(6-4-12)16-9-26-18(22-16)23-17(25)15-7-14(19)8-20-15/h3-10,20H,1-2H3,(H,21,24)(H,22,23,25). The molecule has 1 unspecified atom stereocenters. The second-order valence-corrected chi connectivity index (χ2v) is 7.06. The molecule has 0 bridgehead atoms. The molecule has 0 fully saturated rings. The van der Waals surface area contributed by atoms with Gasteiger partial charge >= 0.3 is 0 Å². The molecule has 0 aliphatic rings. The Hall–Kier alpha value is -2.64. The maximum atomic E-state index is 12.1. The van der Waals surface area contributed by atoms with Gasteiger partial charge in [0.05, 0.1) is 16.8 Å². The first kappa shape index (κ1) is 18.2. The third-order valence-corrected chi connectivity index (χ3v) is 4.72. The van der Waals surface area contributed by atoms with E-state index in [2.05, 4.69) is 20.6 Å². The number of H-pyrrole nitrogens is 1. The summed E-state index contributed by atoms with van der Waals surface area (Å²) < 4.78 is 0. The summed E-state index contributed by atoms with van der Waals surface area (Å²) in [7, 11) is 0. The van der Waals surface area contributed by atoms with Crippen LogP contribution in [0.15, 0.2) is 41.9 Å². The van der Waals surface area contributed by atoms with E-state index in [1.54, 1.807) is 12.3 Å². The van der Waals surface area contributed by atoms with Crippen molar-refractivity contribution in [1.29, 1.82) is 0 Å². The van der Waals surface area contributed by atoms with Crippen LogP contribution in [0.1, 0.15) is 35.9 Å². The predicted molar refractivity (Wildman–Crippen MR) is 104 cm³/mol. The molecule has 0 spiro atoms. The van der Waals surface area contributed by atoms with Crippen LogP contribution in [0.2, 0.25) is 5.02 Å². The number of nitrogens with one attached hydrogen (secondary N) is 3. The Balaban J connectivity index is 1.69. The summed E-state index contributed by atoms with van der Waals surface area (Å²) in [6.07, 6.45) is 1.55. The van der Waals surface area contributed by atoms with Crippen molar-refractivity contribution < 1.29 is 9.59 Å².